The van der Waals surface area contributed by atoms with Gasteiger partial charge in [0.1, 0.15) is 6.33 Å². The van der Waals surface area contributed by atoms with E-state index >= 15 is 0 Å². The van der Waals surface area contributed by atoms with Crippen LogP contribution in [0, 0.1) is 11.3 Å². The van der Waals surface area contributed by atoms with Crippen LogP contribution >= 0.6 is 7.82 Å². The number of anilines is 2. The van der Waals surface area contributed by atoms with Crippen LogP contribution < -0.4 is 20.9 Å². The smallest absolute Gasteiger partial charge is 0.476 e. The molecule has 1 aromatic carbocycles. The number of hydrogen-bond donors (Lipinski definition) is 3. The number of methoxy groups -OCH3 is 1. The molecule has 242 valence electrons. The van der Waals surface area contributed by atoms with Crippen molar-refractivity contribution in [2.24, 2.45) is 23.4 Å². The number of esters is 1. The SMILES string of the molecule is CNC(=O)c1nn(COP(=O)(O)OCOC(=O)C(C)(C)C)/c(=N/C(=O)C2CC2)cc1Nc1cccc(-c2ncn(C)n2)c1OC. The Balaban J connectivity index is 1.69. The maximum atomic E-state index is 13.0. The van der Waals surface area contributed by atoms with Crippen LogP contribution in [0.25, 0.3) is 11.4 Å². The first-order valence-electron chi connectivity index (χ1n) is 13.7. The minimum atomic E-state index is -4.79. The topological polar surface area (TPSA) is 210 Å². The molecule has 2 amide bonds. The zero-order valence-corrected chi connectivity index (χ0v) is 26.5. The number of amides is 2. The second-order valence-electron chi connectivity index (χ2n) is 11.0. The maximum Gasteiger partial charge on any atom is 0.476 e. The summed E-state index contributed by atoms with van der Waals surface area (Å²) in [7, 11) is -0.203. The Morgan fingerprint density at radius 1 is 1.16 bits per heavy atom. The summed E-state index contributed by atoms with van der Waals surface area (Å²) in [5.41, 5.74) is 0.00650. The van der Waals surface area contributed by atoms with E-state index in [2.05, 4.69) is 30.8 Å². The molecule has 0 aliphatic heterocycles. The third-order valence-corrected chi connectivity index (χ3v) is 7.17. The number of phosphoric acid groups is 1. The summed E-state index contributed by atoms with van der Waals surface area (Å²) < 4.78 is 35.4. The molecular weight excluding hydrogens is 611 g/mol. The largest absolute Gasteiger partial charge is 0.494 e. The lowest BCUT2D eigenvalue weighted by Crippen LogP contribution is -2.31. The van der Waals surface area contributed by atoms with Crippen molar-refractivity contribution in [1.29, 1.82) is 0 Å². The first-order valence-corrected chi connectivity index (χ1v) is 15.2. The van der Waals surface area contributed by atoms with Crippen LogP contribution in [0.1, 0.15) is 44.1 Å². The van der Waals surface area contributed by atoms with Gasteiger partial charge in [0.25, 0.3) is 11.8 Å². The zero-order valence-electron chi connectivity index (χ0n) is 25.6. The molecule has 3 aromatic rings. The number of carbonyl (C=O) groups is 3. The van der Waals surface area contributed by atoms with E-state index in [1.165, 1.54) is 20.2 Å². The first kappa shape index (κ1) is 33.5. The number of phosphoric ester groups is 1. The lowest BCUT2D eigenvalue weighted by molar-refractivity contribution is -0.160. The van der Waals surface area contributed by atoms with Gasteiger partial charge in [0.15, 0.2) is 29.5 Å². The molecule has 3 N–H and O–H groups in total. The van der Waals surface area contributed by atoms with Gasteiger partial charge in [0.2, 0.25) is 6.79 Å². The number of rotatable bonds is 12. The summed E-state index contributed by atoms with van der Waals surface area (Å²) in [5.74, 6) is -1.21. The van der Waals surface area contributed by atoms with Gasteiger partial charge in [-0.05, 0) is 45.7 Å². The number of ether oxygens (including phenoxy) is 2. The molecule has 1 unspecified atom stereocenters. The molecule has 1 fully saturated rings. The van der Waals surface area contributed by atoms with Crippen LogP contribution in [0.15, 0.2) is 35.6 Å². The molecular formula is C27H35N8O9P. The van der Waals surface area contributed by atoms with Crippen LogP contribution in [0.4, 0.5) is 11.4 Å². The van der Waals surface area contributed by atoms with Crippen molar-refractivity contribution in [3.63, 3.8) is 0 Å². The Bertz CT molecular complexity index is 1710. The minimum absolute atomic E-state index is 0.0808. The number of benzene rings is 1. The fourth-order valence-corrected chi connectivity index (χ4v) is 4.28. The number of carbonyl (C=O) groups excluding carboxylic acids is 3. The fourth-order valence-electron chi connectivity index (χ4n) is 3.77. The average Bonchev–Trinajstić information content (AvgIpc) is 3.75. The van der Waals surface area contributed by atoms with E-state index in [1.807, 2.05) is 0 Å². The Kier molecular flexibility index (Phi) is 10.2. The molecule has 4 rings (SSSR count). The molecule has 2 aromatic heterocycles. The summed E-state index contributed by atoms with van der Waals surface area (Å²) in [6.45, 7) is 3.21. The molecule has 1 aliphatic rings. The van der Waals surface area contributed by atoms with E-state index in [0.717, 1.165) is 4.68 Å². The van der Waals surface area contributed by atoms with E-state index in [9.17, 15) is 23.8 Å². The van der Waals surface area contributed by atoms with E-state index in [0.29, 0.717) is 35.7 Å². The number of para-hydroxylation sites is 1. The van der Waals surface area contributed by atoms with Gasteiger partial charge in [0.05, 0.1) is 29.5 Å². The Labute approximate surface area is 258 Å². The predicted molar refractivity (Wildman–Crippen MR) is 158 cm³/mol. The highest BCUT2D eigenvalue weighted by atomic mass is 31.2. The highest BCUT2D eigenvalue weighted by molar-refractivity contribution is 7.47. The van der Waals surface area contributed by atoms with Crippen LogP contribution in [0.5, 0.6) is 5.75 Å². The van der Waals surface area contributed by atoms with Crippen molar-refractivity contribution >= 4 is 37.0 Å². The first-order chi connectivity index (χ1) is 21.2. The van der Waals surface area contributed by atoms with Crippen molar-refractivity contribution in [2.75, 3.05) is 26.3 Å². The Hall–Kier alpha value is -4.44. The normalized spacial score (nSPS) is 14.9. The molecule has 45 heavy (non-hydrogen) atoms. The van der Waals surface area contributed by atoms with Gasteiger partial charge in [-0.3, -0.25) is 23.6 Å². The number of aryl methyl sites for hydroxylation is 1. The zero-order chi connectivity index (χ0) is 32.9. The van der Waals surface area contributed by atoms with E-state index in [-0.39, 0.29) is 22.8 Å². The molecule has 18 heteroatoms. The number of hydrogen-bond acceptors (Lipinski definition) is 12. The number of nitrogens with one attached hydrogen (secondary N) is 2. The summed E-state index contributed by atoms with van der Waals surface area (Å²) >= 11 is 0. The lowest BCUT2D eigenvalue weighted by atomic mass is 9.98. The molecule has 1 saturated carbocycles. The lowest BCUT2D eigenvalue weighted by Gasteiger charge is -2.19. The maximum absolute atomic E-state index is 13.0. The summed E-state index contributed by atoms with van der Waals surface area (Å²) in [4.78, 5) is 56.2. The van der Waals surface area contributed by atoms with Gasteiger partial charge in [-0.15, -0.1) is 0 Å². The van der Waals surface area contributed by atoms with Crippen molar-refractivity contribution < 1.29 is 42.4 Å². The average molecular weight is 647 g/mol. The van der Waals surface area contributed by atoms with Crippen molar-refractivity contribution in [3.05, 3.63) is 41.8 Å². The summed E-state index contributed by atoms with van der Waals surface area (Å²) in [6, 6.07) is 6.57. The Morgan fingerprint density at radius 2 is 1.89 bits per heavy atom. The van der Waals surface area contributed by atoms with Gasteiger partial charge < -0.3 is 25.0 Å². The molecule has 17 nitrogen and oxygen atoms in total. The third-order valence-electron chi connectivity index (χ3n) is 6.30. The van der Waals surface area contributed by atoms with Gasteiger partial charge in [-0.25, -0.2) is 18.8 Å². The highest BCUT2D eigenvalue weighted by Crippen LogP contribution is 2.43. The molecule has 1 atom stereocenters. The van der Waals surface area contributed by atoms with Gasteiger partial charge in [-0.1, -0.05) is 6.07 Å². The molecule has 1 aliphatic carbocycles. The van der Waals surface area contributed by atoms with Crippen molar-refractivity contribution in [2.45, 2.75) is 40.3 Å². The Morgan fingerprint density at radius 3 is 2.49 bits per heavy atom. The van der Waals surface area contributed by atoms with Crippen LogP contribution in [0.3, 0.4) is 0 Å². The quantitative estimate of drug-likeness (QED) is 0.147. The van der Waals surface area contributed by atoms with Gasteiger partial charge >= 0.3 is 13.8 Å². The second kappa shape index (κ2) is 13.7. The molecule has 0 saturated heterocycles. The van der Waals surface area contributed by atoms with Crippen LogP contribution in [0.2, 0.25) is 0 Å². The summed E-state index contributed by atoms with van der Waals surface area (Å²) in [6.07, 6.45) is 2.89. The standard InChI is InChI=1S/C27H35N8O9P/c1-27(2,3)26(38)42-15-44-45(39,40)43-14-35-20(31-24(36)16-10-11-16)12-19(21(32-35)25(37)28-4)30-18-9-7-8-17(22(18)41-6)23-29-13-34(5)33-23/h7-9,12-13,16,30H,10-11,14-15H2,1-6H3,(H,28,37)(H,39,40)/b31-20+. The van der Waals surface area contributed by atoms with Crippen molar-refractivity contribution in [3.8, 4) is 17.1 Å². The van der Waals surface area contributed by atoms with E-state index in [1.54, 1.807) is 57.0 Å². The highest BCUT2D eigenvalue weighted by Gasteiger charge is 2.30. The van der Waals surface area contributed by atoms with E-state index in [4.69, 9.17) is 18.5 Å². The fraction of sp³-hybridized carbons (Fsp3) is 0.444. The second-order valence-corrected chi connectivity index (χ2v) is 12.4. The molecule has 0 bridgehead atoms. The van der Waals surface area contributed by atoms with Crippen LogP contribution in [-0.4, -0.2) is 68.2 Å². The molecule has 2 heterocycles. The monoisotopic (exact) mass is 646 g/mol. The number of nitrogens with zero attached hydrogens (tertiary/aromatic N) is 6. The molecule has 0 radical (unpaired) electrons. The van der Waals surface area contributed by atoms with E-state index < -0.39 is 44.5 Å². The van der Waals surface area contributed by atoms with Crippen LogP contribution in [-0.2, 0) is 41.7 Å². The van der Waals surface area contributed by atoms with Gasteiger partial charge in [0, 0.05) is 26.1 Å². The number of aromatic nitrogens is 5. The minimum Gasteiger partial charge on any atom is -0.494 e. The van der Waals surface area contributed by atoms with Crippen molar-refractivity contribution in [1.82, 2.24) is 29.9 Å². The summed E-state index contributed by atoms with van der Waals surface area (Å²) in [5, 5.41) is 14.2. The van der Waals surface area contributed by atoms with Gasteiger partial charge in [-0.2, -0.15) is 15.2 Å². The third kappa shape index (κ3) is 8.60. The molecule has 0 spiro atoms. The predicted octanol–water partition coefficient (Wildman–Crippen LogP) is 2.27.